The quantitative estimate of drug-likeness (QED) is 0.698. The summed E-state index contributed by atoms with van der Waals surface area (Å²) in [5.41, 5.74) is 4.03. The van der Waals surface area contributed by atoms with E-state index in [-0.39, 0.29) is 18.4 Å². The zero-order chi connectivity index (χ0) is 22.4. The molecule has 2 amide bonds. The Balaban J connectivity index is 1.45. The van der Waals surface area contributed by atoms with E-state index in [9.17, 15) is 9.59 Å². The van der Waals surface area contributed by atoms with Crippen molar-refractivity contribution < 1.29 is 19.2 Å². The molecule has 0 aromatic heterocycles. The van der Waals surface area contributed by atoms with Crippen LogP contribution < -0.4 is 19.9 Å². The molecular weight excluding hydrogens is 392 g/mol. The highest BCUT2D eigenvalue weighted by Gasteiger charge is 2.24. The van der Waals surface area contributed by atoms with Gasteiger partial charge in [-0.25, -0.2) is 0 Å². The van der Waals surface area contributed by atoms with Gasteiger partial charge in [-0.15, -0.1) is 0 Å². The Hall–Kier alpha value is -3.06. The number of rotatable bonds is 7. The number of nitrogens with zero attached hydrogens (tertiary/aromatic N) is 2. The van der Waals surface area contributed by atoms with Crippen LogP contribution in [0.25, 0.3) is 0 Å². The van der Waals surface area contributed by atoms with Crippen LogP contribution in [0.4, 0.5) is 11.4 Å². The van der Waals surface area contributed by atoms with Gasteiger partial charge >= 0.3 is 0 Å². The highest BCUT2D eigenvalue weighted by Crippen LogP contribution is 2.20. The molecule has 0 radical (unpaired) electrons. The molecule has 1 aliphatic heterocycles. The summed E-state index contributed by atoms with van der Waals surface area (Å²) < 4.78 is 5.31. The van der Waals surface area contributed by atoms with Crippen LogP contribution in [-0.4, -0.2) is 70.1 Å². The number of benzene rings is 2. The molecule has 0 saturated carbocycles. The number of carbonyl (C=O) groups is 2. The Morgan fingerprint density at radius 1 is 1.13 bits per heavy atom. The number of quaternary nitrogens is 1. The standard InChI is InChI=1S/C24H32N4O3/c1-18-8-9-19(2)22(14-18)25-23(29)16-26(3)24(30)17-27-10-12-28(13-11-27)20-6-5-7-21(15-20)31-4/h5-9,14-15H,10-13,16-17H2,1-4H3,(H,25,29)/p+1. The normalized spacial score (nSPS) is 14.3. The van der Waals surface area contributed by atoms with E-state index in [2.05, 4.69) is 16.3 Å². The van der Waals surface area contributed by atoms with Gasteiger partial charge < -0.3 is 24.8 Å². The van der Waals surface area contributed by atoms with Crippen LogP contribution in [-0.2, 0) is 9.59 Å². The van der Waals surface area contributed by atoms with E-state index in [1.165, 1.54) is 9.80 Å². The number of amides is 2. The van der Waals surface area contributed by atoms with E-state index in [1.54, 1.807) is 14.2 Å². The highest BCUT2D eigenvalue weighted by atomic mass is 16.5. The molecule has 1 heterocycles. The third-order valence-corrected chi connectivity index (χ3v) is 5.76. The van der Waals surface area contributed by atoms with Crippen molar-refractivity contribution in [2.45, 2.75) is 13.8 Å². The van der Waals surface area contributed by atoms with Gasteiger partial charge in [0.25, 0.3) is 5.91 Å². The summed E-state index contributed by atoms with van der Waals surface area (Å²) in [5.74, 6) is 0.659. The molecule has 31 heavy (non-hydrogen) atoms. The Morgan fingerprint density at radius 3 is 2.58 bits per heavy atom. The average Bonchev–Trinajstić information content (AvgIpc) is 2.76. The molecule has 7 nitrogen and oxygen atoms in total. The van der Waals surface area contributed by atoms with E-state index in [0.717, 1.165) is 54.4 Å². The van der Waals surface area contributed by atoms with Crippen molar-refractivity contribution in [1.29, 1.82) is 0 Å². The molecule has 2 aromatic rings. The maximum atomic E-state index is 12.7. The van der Waals surface area contributed by atoms with Gasteiger partial charge in [0, 0.05) is 24.5 Å². The fourth-order valence-electron chi connectivity index (χ4n) is 3.78. The largest absolute Gasteiger partial charge is 0.497 e. The average molecular weight is 426 g/mol. The third-order valence-electron chi connectivity index (χ3n) is 5.76. The number of hydrogen-bond donors (Lipinski definition) is 2. The highest BCUT2D eigenvalue weighted by molar-refractivity contribution is 5.95. The van der Waals surface area contributed by atoms with Crippen molar-refractivity contribution in [3.8, 4) is 5.75 Å². The SMILES string of the molecule is COc1cccc(N2CC[NH+](CC(=O)N(C)CC(=O)Nc3cc(C)ccc3C)CC2)c1. The fraction of sp³-hybridized carbons (Fsp3) is 0.417. The molecule has 0 aliphatic carbocycles. The van der Waals surface area contributed by atoms with Crippen molar-refractivity contribution in [1.82, 2.24) is 4.90 Å². The molecular formula is C24H33N4O3+. The van der Waals surface area contributed by atoms with Crippen LogP contribution in [0.1, 0.15) is 11.1 Å². The number of methoxy groups -OCH3 is 1. The Morgan fingerprint density at radius 2 is 1.87 bits per heavy atom. The monoisotopic (exact) mass is 425 g/mol. The number of hydrogen-bond acceptors (Lipinski definition) is 4. The smallest absolute Gasteiger partial charge is 0.277 e. The first-order valence-corrected chi connectivity index (χ1v) is 10.7. The Kier molecular flexibility index (Phi) is 7.52. The van der Waals surface area contributed by atoms with Crippen LogP contribution in [0, 0.1) is 13.8 Å². The summed E-state index contributed by atoms with van der Waals surface area (Å²) in [6, 6.07) is 14.0. The lowest BCUT2D eigenvalue weighted by Gasteiger charge is -2.34. The molecule has 1 saturated heterocycles. The molecule has 0 spiro atoms. The second kappa shape index (κ2) is 10.3. The van der Waals surface area contributed by atoms with Crippen LogP contribution in [0.15, 0.2) is 42.5 Å². The van der Waals surface area contributed by atoms with Crippen molar-refractivity contribution in [2.24, 2.45) is 0 Å². The zero-order valence-electron chi connectivity index (χ0n) is 18.9. The predicted molar refractivity (Wildman–Crippen MR) is 123 cm³/mol. The van der Waals surface area contributed by atoms with Crippen LogP contribution in [0.2, 0.25) is 0 Å². The first-order valence-electron chi connectivity index (χ1n) is 10.7. The lowest BCUT2D eigenvalue weighted by molar-refractivity contribution is -0.892. The van der Waals surface area contributed by atoms with Crippen LogP contribution >= 0.6 is 0 Å². The number of anilines is 2. The van der Waals surface area contributed by atoms with Gasteiger partial charge in [0.05, 0.1) is 39.8 Å². The van der Waals surface area contributed by atoms with E-state index in [4.69, 9.17) is 4.74 Å². The minimum Gasteiger partial charge on any atom is -0.497 e. The van der Waals surface area contributed by atoms with E-state index in [1.807, 2.05) is 50.2 Å². The number of aryl methyl sites for hydroxylation is 2. The van der Waals surface area contributed by atoms with E-state index >= 15 is 0 Å². The number of nitrogens with one attached hydrogen (secondary N) is 2. The lowest BCUT2D eigenvalue weighted by Crippen LogP contribution is -3.15. The number of piperazine rings is 1. The Bertz CT molecular complexity index is 923. The maximum absolute atomic E-state index is 12.7. The second-order valence-corrected chi connectivity index (χ2v) is 8.23. The molecule has 0 bridgehead atoms. The summed E-state index contributed by atoms with van der Waals surface area (Å²) >= 11 is 0. The zero-order valence-corrected chi connectivity index (χ0v) is 18.9. The molecule has 3 rings (SSSR count). The molecule has 1 aliphatic rings. The van der Waals surface area contributed by atoms with Gasteiger partial charge in [-0.05, 0) is 43.2 Å². The summed E-state index contributed by atoms with van der Waals surface area (Å²) in [5, 5.41) is 2.92. The summed E-state index contributed by atoms with van der Waals surface area (Å²) in [6.45, 7) is 7.92. The van der Waals surface area contributed by atoms with E-state index in [0.29, 0.717) is 6.54 Å². The third kappa shape index (κ3) is 6.21. The topological polar surface area (TPSA) is 66.3 Å². The number of ether oxygens (including phenoxy) is 1. The van der Waals surface area contributed by atoms with Gasteiger partial charge in [0.15, 0.2) is 6.54 Å². The van der Waals surface area contributed by atoms with Crippen molar-refractivity contribution in [3.63, 3.8) is 0 Å². The minimum absolute atomic E-state index is 0.0130. The van der Waals surface area contributed by atoms with Crippen LogP contribution in [0.3, 0.4) is 0 Å². The lowest BCUT2D eigenvalue weighted by atomic mass is 10.1. The number of likely N-dealkylation sites (N-methyl/N-ethyl adjacent to an activating group) is 1. The molecule has 1 fully saturated rings. The predicted octanol–water partition coefficient (Wildman–Crippen LogP) is 1.11. The van der Waals surface area contributed by atoms with Crippen LogP contribution in [0.5, 0.6) is 5.75 Å². The summed E-state index contributed by atoms with van der Waals surface area (Å²) in [7, 11) is 3.36. The molecule has 2 N–H and O–H groups in total. The Labute approximate surface area is 184 Å². The van der Waals surface area contributed by atoms with Crippen molar-refractivity contribution in [2.75, 3.05) is 63.6 Å². The first-order chi connectivity index (χ1) is 14.9. The minimum atomic E-state index is -0.178. The molecule has 0 unspecified atom stereocenters. The van der Waals surface area contributed by atoms with Gasteiger partial charge in [-0.3, -0.25) is 9.59 Å². The maximum Gasteiger partial charge on any atom is 0.277 e. The number of carbonyl (C=O) groups excluding carboxylic acids is 2. The molecule has 7 heteroatoms. The summed E-state index contributed by atoms with van der Waals surface area (Å²) in [4.78, 5) is 30.1. The second-order valence-electron chi connectivity index (χ2n) is 8.23. The fourth-order valence-corrected chi connectivity index (χ4v) is 3.78. The molecule has 166 valence electrons. The van der Waals surface area contributed by atoms with Gasteiger partial charge in [0.1, 0.15) is 5.75 Å². The summed E-state index contributed by atoms with van der Waals surface area (Å²) in [6.07, 6.45) is 0. The first kappa shape index (κ1) is 22.6. The van der Waals surface area contributed by atoms with Crippen molar-refractivity contribution >= 4 is 23.2 Å². The molecule has 0 atom stereocenters. The van der Waals surface area contributed by atoms with E-state index < -0.39 is 0 Å². The van der Waals surface area contributed by atoms with Gasteiger partial charge in [-0.1, -0.05) is 18.2 Å². The molecule has 2 aromatic carbocycles. The van der Waals surface area contributed by atoms with Crippen molar-refractivity contribution in [3.05, 3.63) is 53.6 Å². The van der Waals surface area contributed by atoms with Gasteiger partial charge in [0.2, 0.25) is 5.91 Å². The van der Waals surface area contributed by atoms with Gasteiger partial charge in [-0.2, -0.15) is 0 Å².